The van der Waals surface area contributed by atoms with Crippen LogP contribution in [0.2, 0.25) is 0 Å². The number of hydrogen-bond donors (Lipinski definition) is 0. The number of aromatic nitrogens is 1. The lowest BCUT2D eigenvalue weighted by molar-refractivity contribution is -0.127. The van der Waals surface area contributed by atoms with Gasteiger partial charge in [0.1, 0.15) is 0 Å². The molecule has 0 aromatic carbocycles. The maximum atomic E-state index is 12.2. The van der Waals surface area contributed by atoms with Crippen molar-refractivity contribution in [1.82, 2.24) is 14.8 Å². The maximum Gasteiger partial charge on any atom is 0.246 e. The summed E-state index contributed by atoms with van der Waals surface area (Å²) in [6, 6.07) is 0. The average Bonchev–Trinajstić information content (AvgIpc) is 3.13. The lowest BCUT2D eigenvalue weighted by Crippen LogP contribution is -2.49. The van der Waals surface area contributed by atoms with Gasteiger partial charge >= 0.3 is 0 Å². The molecule has 1 aromatic heterocycles. The summed E-state index contributed by atoms with van der Waals surface area (Å²) in [5.41, 5.74) is 0. The second-order valence-corrected chi connectivity index (χ2v) is 8.15. The molecule has 1 saturated heterocycles. The van der Waals surface area contributed by atoms with Gasteiger partial charge in [0.15, 0.2) is 5.17 Å². The number of rotatable bonds is 2. The monoisotopic (exact) mass is 336 g/mol. The van der Waals surface area contributed by atoms with Crippen LogP contribution in [-0.4, -0.2) is 63.8 Å². The van der Waals surface area contributed by atoms with Gasteiger partial charge in [0.05, 0.1) is 11.6 Å². The highest BCUT2D eigenvalue weighted by Crippen LogP contribution is 2.23. The Bertz CT molecular complexity index is 602. The molecule has 2 aliphatic rings. The van der Waals surface area contributed by atoms with Crippen molar-refractivity contribution in [1.29, 1.82) is 0 Å². The van der Waals surface area contributed by atoms with Crippen molar-refractivity contribution in [3.8, 4) is 0 Å². The minimum Gasteiger partial charge on any atom is -0.348 e. The topological polar surface area (TPSA) is 48.8 Å². The van der Waals surface area contributed by atoms with Crippen LogP contribution in [0.15, 0.2) is 17.3 Å². The van der Waals surface area contributed by atoms with Gasteiger partial charge in [0, 0.05) is 48.6 Å². The lowest BCUT2D eigenvalue weighted by Gasteiger charge is -2.35. The summed E-state index contributed by atoms with van der Waals surface area (Å²) < 4.78 is 0. The molecular weight excluding hydrogens is 316 g/mol. The van der Waals surface area contributed by atoms with Gasteiger partial charge in [-0.2, -0.15) is 0 Å². The first-order valence-electron chi connectivity index (χ1n) is 7.47. The molecule has 118 valence electrons. The average molecular weight is 336 g/mol. The van der Waals surface area contributed by atoms with Crippen molar-refractivity contribution in [3.05, 3.63) is 22.2 Å². The fourth-order valence-corrected chi connectivity index (χ4v) is 4.15. The van der Waals surface area contributed by atoms with E-state index in [1.807, 2.05) is 29.7 Å². The zero-order chi connectivity index (χ0) is 15.5. The largest absolute Gasteiger partial charge is 0.348 e. The molecule has 5 nitrogen and oxygen atoms in total. The van der Waals surface area contributed by atoms with Gasteiger partial charge < -0.3 is 9.80 Å². The number of thioether (sulfide) groups is 1. The van der Waals surface area contributed by atoms with Gasteiger partial charge in [-0.05, 0) is 13.0 Å². The van der Waals surface area contributed by atoms with E-state index in [0.717, 1.165) is 47.8 Å². The van der Waals surface area contributed by atoms with Crippen LogP contribution in [0, 0.1) is 6.92 Å². The Balaban J connectivity index is 1.50. The van der Waals surface area contributed by atoms with E-state index in [1.165, 1.54) is 0 Å². The fourth-order valence-electron chi connectivity index (χ4n) is 2.47. The summed E-state index contributed by atoms with van der Waals surface area (Å²) in [5, 5.41) is 2.75. The molecule has 0 unspecified atom stereocenters. The van der Waals surface area contributed by atoms with E-state index in [4.69, 9.17) is 0 Å². The van der Waals surface area contributed by atoms with E-state index in [1.54, 1.807) is 23.6 Å². The Kier molecular flexibility index (Phi) is 4.83. The third kappa shape index (κ3) is 3.70. The van der Waals surface area contributed by atoms with E-state index in [-0.39, 0.29) is 5.91 Å². The van der Waals surface area contributed by atoms with Gasteiger partial charge in [0.2, 0.25) is 5.91 Å². The van der Waals surface area contributed by atoms with Crippen LogP contribution in [0.25, 0.3) is 6.08 Å². The molecule has 3 rings (SSSR count). The van der Waals surface area contributed by atoms with Crippen molar-refractivity contribution in [2.24, 2.45) is 4.99 Å². The SMILES string of the molecule is Cc1ncc(/C=C/C(=O)N2CCN(C3=NC[C@@H](C)S3)CC2)s1. The molecule has 0 N–H and O–H groups in total. The molecule has 3 heterocycles. The summed E-state index contributed by atoms with van der Waals surface area (Å²) in [4.78, 5) is 26.2. The quantitative estimate of drug-likeness (QED) is 0.776. The van der Waals surface area contributed by atoms with Crippen molar-refractivity contribution in [2.75, 3.05) is 32.7 Å². The number of thiazole rings is 1. The molecule has 2 aliphatic heterocycles. The lowest BCUT2D eigenvalue weighted by atomic mass is 10.3. The second kappa shape index (κ2) is 6.83. The second-order valence-electron chi connectivity index (χ2n) is 5.48. The van der Waals surface area contributed by atoms with Crippen LogP contribution in [-0.2, 0) is 4.79 Å². The van der Waals surface area contributed by atoms with E-state index in [2.05, 4.69) is 21.8 Å². The minimum atomic E-state index is 0.0834. The zero-order valence-electron chi connectivity index (χ0n) is 12.9. The van der Waals surface area contributed by atoms with E-state index in [0.29, 0.717) is 5.25 Å². The van der Waals surface area contributed by atoms with Crippen LogP contribution in [0.1, 0.15) is 16.8 Å². The van der Waals surface area contributed by atoms with Crippen molar-refractivity contribution < 1.29 is 4.79 Å². The molecule has 0 radical (unpaired) electrons. The molecule has 0 saturated carbocycles. The van der Waals surface area contributed by atoms with E-state index >= 15 is 0 Å². The van der Waals surface area contributed by atoms with Crippen LogP contribution < -0.4 is 0 Å². The van der Waals surface area contributed by atoms with Crippen LogP contribution in [0.5, 0.6) is 0 Å². The molecule has 1 fully saturated rings. The number of piperazine rings is 1. The Hall–Kier alpha value is -1.34. The summed E-state index contributed by atoms with van der Waals surface area (Å²) in [7, 11) is 0. The van der Waals surface area contributed by atoms with Gasteiger partial charge in [-0.3, -0.25) is 9.79 Å². The minimum absolute atomic E-state index is 0.0834. The number of aliphatic imine (C=N–C) groups is 1. The Labute approximate surface area is 139 Å². The number of nitrogens with zero attached hydrogens (tertiary/aromatic N) is 4. The highest BCUT2D eigenvalue weighted by molar-refractivity contribution is 8.14. The summed E-state index contributed by atoms with van der Waals surface area (Å²) in [6.07, 6.45) is 5.32. The highest BCUT2D eigenvalue weighted by Gasteiger charge is 2.25. The molecule has 7 heteroatoms. The molecular formula is C15H20N4OS2. The Morgan fingerprint density at radius 2 is 2.14 bits per heavy atom. The van der Waals surface area contributed by atoms with E-state index < -0.39 is 0 Å². The first-order chi connectivity index (χ1) is 10.6. The van der Waals surface area contributed by atoms with Crippen molar-refractivity contribution in [2.45, 2.75) is 19.1 Å². The number of carbonyl (C=O) groups is 1. The van der Waals surface area contributed by atoms with Crippen LogP contribution in [0.4, 0.5) is 0 Å². The predicted octanol–water partition coefficient (Wildman–Crippen LogP) is 2.10. The third-order valence-corrected chi connectivity index (χ3v) is 5.71. The van der Waals surface area contributed by atoms with Crippen molar-refractivity contribution >= 4 is 40.2 Å². The van der Waals surface area contributed by atoms with Gasteiger partial charge in [-0.1, -0.05) is 18.7 Å². The molecule has 22 heavy (non-hydrogen) atoms. The number of carbonyl (C=O) groups excluding carboxylic acids is 1. The Morgan fingerprint density at radius 3 is 2.73 bits per heavy atom. The van der Waals surface area contributed by atoms with Crippen LogP contribution in [0.3, 0.4) is 0 Å². The number of amides is 1. The summed E-state index contributed by atoms with van der Waals surface area (Å²) in [5.74, 6) is 0.0834. The molecule has 0 aliphatic carbocycles. The molecule has 0 spiro atoms. The Morgan fingerprint density at radius 1 is 1.36 bits per heavy atom. The first-order valence-corrected chi connectivity index (χ1v) is 9.17. The fraction of sp³-hybridized carbons (Fsp3) is 0.533. The highest BCUT2D eigenvalue weighted by atomic mass is 32.2. The summed E-state index contributed by atoms with van der Waals surface area (Å²) >= 11 is 3.44. The smallest absolute Gasteiger partial charge is 0.246 e. The van der Waals surface area contributed by atoms with Gasteiger partial charge in [-0.25, -0.2) is 4.98 Å². The van der Waals surface area contributed by atoms with Crippen molar-refractivity contribution in [3.63, 3.8) is 0 Å². The third-order valence-electron chi connectivity index (χ3n) is 3.68. The maximum absolute atomic E-state index is 12.2. The first kappa shape index (κ1) is 15.6. The van der Waals surface area contributed by atoms with Crippen LogP contribution >= 0.6 is 23.1 Å². The summed E-state index contributed by atoms with van der Waals surface area (Å²) in [6.45, 7) is 8.35. The van der Waals surface area contributed by atoms with Gasteiger partial charge in [0.25, 0.3) is 0 Å². The number of hydrogen-bond acceptors (Lipinski definition) is 6. The standard InChI is InChI=1S/C15H20N4OS2/c1-11-9-17-15(21-11)19-7-5-18(6-8-19)14(20)4-3-13-10-16-12(2)22-13/h3-4,10-11H,5-9H2,1-2H3/b4-3+/t11-/m1/s1. The number of aryl methyl sites for hydroxylation is 1. The molecule has 0 bridgehead atoms. The predicted molar refractivity (Wildman–Crippen MR) is 93.4 cm³/mol. The molecule has 1 atom stereocenters. The normalized spacial score (nSPS) is 22.5. The van der Waals surface area contributed by atoms with Gasteiger partial charge in [-0.15, -0.1) is 11.3 Å². The molecule has 1 aromatic rings. The molecule has 1 amide bonds. The van der Waals surface area contributed by atoms with E-state index in [9.17, 15) is 4.79 Å². The number of amidine groups is 1. The zero-order valence-corrected chi connectivity index (χ0v) is 14.5.